The van der Waals surface area contributed by atoms with E-state index in [2.05, 4.69) is 29.1 Å². The lowest BCUT2D eigenvalue weighted by atomic mass is 10.1. The van der Waals surface area contributed by atoms with Crippen LogP contribution < -0.4 is 5.32 Å². The molecule has 6 heteroatoms. The molecule has 0 aliphatic rings. The molecule has 0 atom stereocenters. The molecule has 0 unspecified atom stereocenters. The van der Waals surface area contributed by atoms with E-state index < -0.39 is 4.92 Å². The number of nitrogens with one attached hydrogen (secondary N) is 1. The van der Waals surface area contributed by atoms with Gasteiger partial charge >= 0.3 is 0 Å². The van der Waals surface area contributed by atoms with Gasteiger partial charge in [-0.05, 0) is 24.8 Å². The Morgan fingerprint density at radius 2 is 2.15 bits per heavy atom. The number of rotatable bonds is 6. The van der Waals surface area contributed by atoms with Crippen molar-refractivity contribution in [1.82, 2.24) is 9.97 Å². The summed E-state index contributed by atoms with van der Waals surface area (Å²) in [5.41, 5.74) is 0.759. The Hall–Kier alpha value is -2.24. The number of hydrogen-bond acceptors (Lipinski definition) is 5. The summed E-state index contributed by atoms with van der Waals surface area (Å²) in [6.07, 6.45) is 3.65. The standard InChI is InChI=1S/C14H18N4O2/c1-10(2)4-3-7-15-14-12-8-11(18(19)20)5-6-13(12)16-9-17-14/h5-6,8-10H,3-4,7H2,1-2H3,(H,15,16,17). The Bertz CT molecular complexity index is 613. The second-order valence-corrected chi connectivity index (χ2v) is 5.14. The van der Waals surface area contributed by atoms with Gasteiger partial charge in [0.05, 0.1) is 10.4 Å². The Kier molecular flexibility index (Phi) is 4.45. The summed E-state index contributed by atoms with van der Waals surface area (Å²) < 4.78 is 0. The molecule has 0 fully saturated rings. The van der Waals surface area contributed by atoms with Crippen LogP contribution in [0, 0.1) is 16.0 Å². The molecule has 0 aliphatic carbocycles. The van der Waals surface area contributed by atoms with Crippen LogP contribution in [0.3, 0.4) is 0 Å². The second kappa shape index (κ2) is 6.27. The van der Waals surface area contributed by atoms with E-state index in [-0.39, 0.29) is 5.69 Å². The Morgan fingerprint density at radius 3 is 2.85 bits per heavy atom. The van der Waals surface area contributed by atoms with Gasteiger partial charge in [0.2, 0.25) is 0 Å². The second-order valence-electron chi connectivity index (χ2n) is 5.14. The SMILES string of the molecule is CC(C)CCCNc1ncnc2ccc([N+](=O)[O-])cc12. The van der Waals surface area contributed by atoms with Crippen molar-refractivity contribution in [2.75, 3.05) is 11.9 Å². The van der Waals surface area contributed by atoms with E-state index in [1.54, 1.807) is 6.07 Å². The zero-order valence-corrected chi connectivity index (χ0v) is 11.7. The predicted octanol–water partition coefficient (Wildman–Crippen LogP) is 3.39. The van der Waals surface area contributed by atoms with Crippen LogP contribution in [-0.4, -0.2) is 21.4 Å². The van der Waals surface area contributed by atoms with Gasteiger partial charge in [-0.3, -0.25) is 10.1 Å². The molecule has 2 aromatic rings. The van der Waals surface area contributed by atoms with Crippen LogP contribution >= 0.6 is 0 Å². The molecule has 20 heavy (non-hydrogen) atoms. The topological polar surface area (TPSA) is 81.0 Å². The van der Waals surface area contributed by atoms with E-state index in [0.717, 1.165) is 19.4 Å². The zero-order valence-electron chi connectivity index (χ0n) is 11.7. The van der Waals surface area contributed by atoms with Gasteiger partial charge in [-0.25, -0.2) is 9.97 Å². The minimum Gasteiger partial charge on any atom is -0.369 e. The lowest BCUT2D eigenvalue weighted by Gasteiger charge is -2.09. The first-order valence-electron chi connectivity index (χ1n) is 6.71. The highest BCUT2D eigenvalue weighted by Gasteiger charge is 2.10. The molecule has 6 nitrogen and oxygen atoms in total. The third-order valence-electron chi connectivity index (χ3n) is 3.08. The van der Waals surface area contributed by atoms with Crippen molar-refractivity contribution in [3.63, 3.8) is 0 Å². The van der Waals surface area contributed by atoms with Gasteiger partial charge in [0, 0.05) is 24.1 Å². The fraction of sp³-hybridized carbons (Fsp3) is 0.429. The fourth-order valence-corrected chi connectivity index (χ4v) is 2.02. The first kappa shape index (κ1) is 14.2. The highest BCUT2D eigenvalue weighted by atomic mass is 16.6. The van der Waals surface area contributed by atoms with Crippen molar-refractivity contribution >= 4 is 22.4 Å². The quantitative estimate of drug-likeness (QED) is 0.496. The van der Waals surface area contributed by atoms with Crippen molar-refractivity contribution in [2.45, 2.75) is 26.7 Å². The molecule has 1 aromatic carbocycles. The van der Waals surface area contributed by atoms with E-state index in [9.17, 15) is 10.1 Å². The molecule has 0 bridgehead atoms. The number of nitrogens with zero attached hydrogens (tertiary/aromatic N) is 3. The molecule has 2 rings (SSSR count). The minimum atomic E-state index is -0.408. The van der Waals surface area contributed by atoms with E-state index in [1.165, 1.54) is 18.5 Å². The molecule has 106 valence electrons. The maximum atomic E-state index is 10.8. The normalized spacial score (nSPS) is 10.9. The van der Waals surface area contributed by atoms with Crippen LogP contribution in [-0.2, 0) is 0 Å². The average Bonchev–Trinajstić information content (AvgIpc) is 2.42. The summed E-state index contributed by atoms with van der Waals surface area (Å²) in [6, 6.07) is 4.62. The molecule has 0 amide bonds. The molecule has 0 aliphatic heterocycles. The van der Waals surface area contributed by atoms with Crippen molar-refractivity contribution < 1.29 is 4.92 Å². The van der Waals surface area contributed by atoms with Crippen molar-refractivity contribution in [1.29, 1.82) is 0 Å². The number of non-ortho nitro benzene ring substituents is 1. The van der Waals surface area contributed by atoms with E-state index in [4.69, 9.17) is 0 Å². The number of aromatic nitrogens is 2. The van der Waals surface area contributed by atoms with E-state index in [1.807, 2.05) is 0 Å². The van der Waals surface area contributed by atoms with Crippen LogP contribution in [0.2, 0.25) is 0 Å². The highest BCUT2D eigenvalue weighted by molar-refractivity contribution is 5.90. The molecule has 1 heterocycles. The number of anilines is 1. The van der Waals surface area contributed by atoms with Crippen molar-refractivity contribution in [2.24, 2.45) is 5.92 Å². The van der Waals surface area contributed by atoms with Crippen LogP contribution in [0.5, 0.6) is 0 Å². The molecule has 0 spiro atoms. The van der Waals surface area contributed by atoms with Crippen molar-refractivity contribution in [3.05, 3.63) is 34.6 Å². The largest absolute Gasteiger partial charge is 0.369 e. The molecular weight excluding hydrogens is 256 g/mol. The van der Waals surface area contributed by atoms with Gasteiger partial charge in [0.15, 0.2) is 0 Å². The van der Waals surface area contributed by atoms with Crippen molar-refractivity contribution in [3.8, 4) is 0 Å². The van der Waals surface area contributed by atoms with Gasteiger partial charge in [-0.15, -0.1) is 0 Å². The average molecular weight is 274 g/mol. The van der Waals surface area contributed by atoms with Gasteiger partial charge in [0.1, 0.15) is 12.1 Å². The third kappa shape index (κ3) is 3.40. The zero-order chi connectivity index (χ0) is 14.5. The van der Waals surface area contributed by atoms with Crippen LogP contribution in [0.1, 0.15) is 26.7 Å². The van der Waals surface area contributed by atoms with E-state index in [0.29, 0.717) is 22.6 Å². The number of fused-ring (bicyclic) bond motifs is 1. The van der Waals surface area contributed by atoms with Crippen LogP contribution in [0.15, 0.2) is 24.5 Å². The summed E-state index contributed by atoms with van der Waals surface area (Å²) >= 11 is 0. The maximum Gasteiger partial charge on any atom is 0.270 e. The molecule has 0 radical (unpaired) electrons. The van der Waals surface area contributed by atoms with Gasteiger partial charge in [0.25, 0.3) is 5.69 Å². The number of hydrogen-bond donors (Lipinski definition) is 1. The maximum absolute atomic E-state index is 10.8. The summed E-state index contributed by atoms with van der Waals surface area (Å²) in [5, 5.41) is 14.8. The third-order valence-corrected chi connectivity index (χ3v) is 3.08. The molecule has 0 saturated heterocycles. The van der Waals surface area contributed by atoms with Gasteiger partial charge in [-0.2, -0.15) is 0 Å². The summed E-state index contributed by atoms with van der Waals surface area (Å²) in [4.78, 5) is 18.7. The molecule has 1 aromatic heterocycles. The van der Waals surface area contributed by atoms with E-state index >= 15 is 0 Å². The number of nitro benzene ring substituents is 1. The monoisotopic (exact) mass is 274 g/mol. The first-order chi connectivity index (χ1) is 9.58. The summed E-state index contributed by atoms with van der Waals surface area (Å²) in [7, 11) is 0. The van der Waals surface area contributed by atoms with Gasteiger partial charge < -0.3 is 5.32 Å². The lowest BCUT2D eigenvalue weighted by Crippen LogP contribution is -2.05. The molecule has 0 saturated carbocycles. The van der Waals surface area contributed by atoms with Gasteiger partial charge in [-0.1, -0.05) is 13.8 Å². The first-order valence-corrected chi connectivity index (χ1v) is 6.71. The fourth-order valence-electron chi connectivity index (χ4n) is 2.02. The predicted molar refractivity (Wildman–Crippen MR) is 78.8 cm³/mol. The lowest BCUT2D eigenvalue weighted by molar-refractivity contribution is -0.384. The number of benzene rings is 1. The summed E-state index contributed by atoms with van der Waals surface area (Å²) in [5.74, 6) is 1.32. The Labute approximate surface area is 117 Å². The van der Waals surface area contributed by atoms with Crippen LogP contribution in [0.25, 0.3) is 10.9 Å². The minimum absolute atomic E-state index is 0.0533. The Balaban J connectivity index is 2.19. The highest BCUT2D eigenvalue weighted by Crippen LogP contribution is 2.24. The molecular formula is C14H18N4O2. The molecule has 1 N–H and O–H groups in total. The Morgan fingerprint density at radius 1 is 1.35 bits per heavy atom. The van der Waals surface area contributed by atoms with Crippen LogP contribution in [0.4, 0.5) is 11.5 Å². The summed E-state index contributed by atoms with van der Waals surface area (Å²) in [6.45, 7) is 5.17. The smallest absolute Gasteiger partial charge is 0.270 e. The number of nitro groups is 1.